The zero-order valence-electron chi connectivity index (χ0n) is 33.3. The number of hydrogen-bond acceptors (Lipinski definition) is 1. The van der Waals surface area contributed by atoms with Gasteiger partial charge in [-0.05, 0) is 97.9 Å². The number of nitrogens with zero attached hydrogens (tertiary/aromatic N) is 2. The van der Waals surface area contributed by atoms with E-state index in [9.17, 15) is 0 Å². The summed E-state index contributed by atoms with van der Waals surface area (Å²) in [5, 5.41) is 4.97. The van der Waals surface area contributed by atoms with E-state index in [1.54, 1.807) is 0 Å². The Balaban J connectivity index is 1.12. The van der Waals surface area contributed by atoms with Crippen LogP contribution >= 0.6 is 0 Å². The lowest BCUT2D eigenvalue weighted by Crippen LogP contribution is -2.33. The molecule has 13 rings (SSSR count). The van der Waals surface area contributed by atoms with Gasteiger partial charge in [0.1, 0.15) is 0 Å². The van der Waals surface area contributed by atoms with Crippen LogP contribution in [0.5, 0.6) is 0 Å². The molecule has 61 heavy (non-hydrogen) atoms. The summed E-state index contributed by atoms with van der Waals surface area (Å²) in [6.07, 6.45) is 0. The average molecular weight is 775 g/mol. The van der Waals surface area contributed by atoms with Gasteiger partial charge in [-0.2, -0.15) is 0 Å². The molecule has 1 aliphatic heterocycles. The first-order chi connectivity index (χ1) is 30.3. The van der Waals surface area contributed by atoms with Crippen LogP contribution in [0.2, 0.25) is 0 Å². The summed E-state index contributed by atoms with van der Waals surface area (Å²) in [5.41, 5.74) is 19.1. The van der Waals surface area contributed by atoms with Crippen LogP contribution in [0, 0.1) is 0 Å². The number of para-hydroxylation sites is 4. The number of rotatable bonds is 5. The topological polar surface area (TPSA) is 8.17 Å². The first kappa shape index (κ1) is 34.0. The van der Waals surface area contributed by atoms with Gasteiger partial charge in [0.25, 0.3) is 0 Å². The van der Waals surface area contributed by atoms with Crippen LogP contribution in [0.4, 0.5) is 17.1 Å². The van der Waals surface area contributed by atoms with Crippen molar-refractivity contribution in [3.63, 3.8) is 0 Å². The normalized spacial score (nSPS) is 14.6. The van der Waals surface area contributed by atoms with Crippen LogP contribution in [0.25, 0.3) is 71.6 Å². The zero-order chi connectivity index (χ0) is 40.1. The van der Waals surface area contributed by atoms with Gasteiger partial charge < -0.3 is 9.47 Å². The highest BCUT2D eigenvalue weighted by atomic mass is 15.1. The van der Waals surface area contributed by atoms with Crippen molar-refractivity contribution in [1.29, 1.82) is 0 Å². The molecule has 2 heterocycles. The molecule has 10 aromatic carbocycles. The molecule has 1 unspecified atom stereocenters. The van der Waals surface area contributed by atoms with E-state index in [-0.39, 0.29) is 0 Å². The third kappa shape index (κ3) is 4.73. The molecule has 0 amide bonds. The molecule has 0 bridgehead atoms. The van der Waals surface area contributed by atoms with Crippen molar-refractivity contribution in [2.75, 3.05) is 4.90 Å². The number of aromatic nitrogens is 1. The molecule has 2 nitrogen and oxygen atoms in total. The molecule has 0 radical (unpaired) electrons. The predicted molar refractivity (Wildman–Crippen MR) is 255 cm³/mol. The summed E-state index contributed by atoms with van der Waals surface area (Å²) < 4.78 is 2.52. The SMILES string of the molecule is c1ccc(-c2cccc(-c3ccccc3N(c3ccc4c(c3)C3(c5ccccc5-4)c4ccccc4-n4c5ccccc5c5cccc3c54)c3cccc4ccccc34)c2)cc1. The molecule has 0 N–H and O–H groups in total. The Kier molecular flexibility index (Phi) is 7.26. The van der Waals surface area contributed by atoms with E-state index in [0.717, 1.165) is 17.1 Å². The van der Waals surface area contributed by atoms with E-state index in [2.05, 4.69) is 240 Å². The fourth-order valence-corrected chi connectivity index (χ4v) is 10.9. The van der Waals surface area contributed by atoms with E-state index in [0.29, 0.717) is 0 Å². The summed E-state index contributed by atoms with van der Waals surface area (Å²) >= 11 is 0. The maximum Gasteiger partial charge on any atom is 0.0755 e. The van der Waals surface area contributed by atoms with Crippen molar-refractivity contribution in [3.8, 4) is 39.1 Å². The number of benzene rings is 10. The molecule has 2 heteroatoms. The fourth-order valence-electron chi connectivity index (χ4n) is 10.9. The summed E-state index contributed by atoms with van der Waals surface area (Å²) in [7, 11) is 0. The minimum Gasteiger partial charge on any atom is -0.309 e. The summed E-state index contributed by atoms with van der Waals surface area (Å²) in [6.45, 7) is 0. The van der Waals surface area contributed by atoms with E-state index in [1.807, 2.05) is 0 Å². The Hall–Kier alpha value is -7.94. The van der Waals surface area contributed by atoms with Crippen molar-refractivity contribution in [2.24, 2.45) is 0 Å². The minimum atomic E-state index is -0.559. The molecule has 11 aromatic rings. The van der Waals surface area contributed by atoms with Crippen molar-refractivity contribution in [2.45, 2.75) is 5.41 Å². The van der Waals surface area contributed by atoms with Crippen LogP contribution in [-0.2, 0) is 5.41 Å². The van der Waals surface area contributed by atoms with Gasteiger partial charge in [0.15, 0.2) is 0 Å². The van der Waals surface area contributed by atoms with Crippen LogP contribution in [0.1, 0.15) is 22.3 Å². The fraction of sp³-hybridized carbons (Fsp3) is 0.0169. The Labute approximate surface area is 354 Å². The van der Waals surface area contributed by atoms with Crippen molar-refractivity contribution in [3.05, 3.63) is 253 Å². The largest absolute Gasteiger partial charge is 0.309 e. The molecule has 1 aromatic heterocycles. The van der Waals surface area contributed by atoms with Gasteiger partial charge >= 0.3 is 0 Å². The highest BCUT2D eigenvalue weighted by molar-refractivity contribution is 6.13. The molecule has 284 valence electrons. The number of anilines is 3. The van der Waals surface area contributed by atoms with E-state index in [1.165, 1.54) is 93.9 Å². The van der Waals surface area contributed by atoms with Gasteiger partial charge in [-0.1, -0.05) is 188 Å². The Morgan fingerprint density at radius 1 is 0.344 bits per heavy atom. The standard InChI is InChI=1S/C59H38N2/c1-2-17-39(18-3-1)41-21-14-22-42(37-41)45-24-7-11-31-54(45)60(55-34-15-20-40-19-4-5-23-44(40)55)43-35-36-47-46-25-6-9-28-50(46)59(53(47)38-43)51-29-10-13-33-57(51)61-56-32-12-8-26-48(56)49-27-16-30-52(59)58(49)61/h1-38H. The van der Waals surface area contributed by atoms with Gasteiger partial charge in [-0.15, -0.1) is 0 Å². The molecule has 1 spiro atoms. The highest BCUT2D eigenvalue weighted by Crippen LogP contribution is 2.62. The third-order valence-corrected chi connectivity index (χ3v) is 13.4. The highest BCUT2D eigenvalue weighted by Gasteiger charge is 2.51. The number of fused-ring (bicyclic) bond motifs is 13. The Morgan fingerprint density at radius 2 is 0.951 bits per heavy atom. The van der Waals surface area contributed by atoms with Gasteiger partial charge in [0.2, 0.25) is 0 Å². The average Bonchev–Trinajstić information content (AvgIpc) is 3.83. The molecule has 0 saturated heterocycles. The van der Waals surface area contributed by atoms with Gasteiger partial charge in [-0.3, -0.25) is 0 Å². The first-order valence-corrected chi connectivity index (χ1v) is 21.2. The first-order valence-electron chi connectivity index (χ1n) is 21.2. The monoisotopic (exact) mass is 774 g/mol. The molecular weight excluding hydrogens is 737 g/mol. The second-order valence-corrected chi connectivity index (χ2v) is 16.4. The molecule has 0 saturated carbocycles. The van der Waals surface area contributed by atoms with Crippen LogP contribution in [0.3, 0.4) is 0 Å². The van der Waals surface area contributed by atoms with Crippen LogP contribution < -0.4 is 4.90 Å². The van der Waals surface area contributed by atoms with E-state index in [4.69, 9.17) is 0 Å². The van der Waals surface area contributed by atoms with Crippen molar-refractivity contribution < 1.29 is 0 Å². The third-order valence-electron chi connectivity index (χ3n) is 13.4. The Morgan fingerprint density at radius 3 is 1.87 bits per heavy atom. The minimum absolute atomic E-state index is 0.559. The Bertz CT molecular complexity index is 3550. The lowest BCUT2D eigenvalue weighted by Gasteiger charge is -2.40. The van der Waals surface area contributed by atoms with E-state index < -0.39 is 5.41 Å². The smallest absolute Gasteiger partial charge is 0.0755 e. The van der Waals surface area contributed by atoms with Gasteiger partial charge in [0.05, 0.1) is 33.5 Å². The van der Waals surface area contributed by atoms with Crippen LogP contribution in [-0.4, -0.2) is 4.57 Å². The second kappa shape index (κ2) is 13.0. The summed E-state index contributed by atoms with van der Waals surface area (Å²) in [4.78, 5) is 2.51. The summed E-state index contributed by atoms with van der Waals surface area (Å²) in [5.74, 6) is 0. The maximum absolute atomic E-state index is 2.52. The summed E-state index contributed by atoms with van der Waals surface area (Å²) in [6, 6.07) is 85.4. The molecule has 0 fully saturated rings. The maximum atomic E-state index is 2.52. The van der Waals surface area contributed by atoms with E-state index >= 15 is 0 Å². The zero-order valence-corrected chi connectivity index (χ0v) is 33.3. The molecule has 1 aliphatic carbocycles. The van der Waals surface area contributed by atoms with Crippen molar-refractivity contribution >= 4 is 49.6 Å². The van der Waals surface area contributed by atoms with Crippen molar-refractivity contribution in [1.82, 2.24) is 4.57 Å². The molecule has 2 aliphatic rings. The predicted octanol–water partition coefficient (Wildman–Crippen LogP) is 15.4. The van der Waals surface area contributed by atoms with Crippen LogP contribution in [0.15, 0.2) is 231 Å². The number of hydrogen-bond donors (Lipinski definition) is 0. The quantitative estimate of drug-likeness (QED) is 0.169. The van der Waals surface area contributed by atoms with Gasteiger partial charge in [-0.25, -0.2) is 0 Å². The second-order valence-electron chi connectivity index (χ2n) is 16.4. The lowest BCUT2D eigenvalue weighted by atomic mass is 9.65. The lowest BCUT2D eigenvalue weighted by molar-refractivity contribution is 0.748. The van der Waals surface area contributed by atoms with Gasteiger partial charge in [0, 0.05) is 27.4 Å². The molecule has 1 atom stereocenters. The molecular formula is C59H38N2.